The third kappa shape index (κ3) is 2.57. The lowest BCUT2D eigenvalue weighted by Gasteiger charge is -2.16. The van der Waals surface area contributed by atoms with Gasteiger partial charge in [-0.25, -0.2) is 0 Å². The lowest BCUT2D eigenvalue weighted by atomic mass is 10.4. The first kappa shape index (κ1) is 9.77. The minimum atomic E-state index is -0.252. The number of amides is 2. The van der Waals surface area contributed by atoms with E-state index in [1.807, 2.05) is 0 Å². The van der Waals surface area contributed by atoms with E-state index in [4.69, 9.17) is 0 Å². The first-order chi connectivity index (χ1) is 6.11. The van der Waals surface area contributed by atoms with Crippen LogP contribution < -0.4 is 5.32 Å². The minimum Gasteiger partial charge on any atom is -0.337 e. The average molecular weight is 182 g/mol. The van der Waals surface area contributed by atoms with Crippen LogP contribution in [0.2, 0.25) is 0 Å². The Hall–Kier alpha value is -1.32. The Balaban J connectivity index is 2.46. The molecule has 4 heteroatoms. The van der Waals surface area contributed by atoms with Gasteiger partial charge in [0, 0.05) is 20.0 Å². The van der Waals surface area contributed by atoms with Crippen molar-refractivity contribution >= 4 is 11.8 Å². The monoisotopic (exact) mass is 182 g/mol. The van der Waals surface area contributed by atoms with Gasteiger partial charge in [-0.15, -0.1) is 0 Å². The molecule has 0 atom stereocenters. The molecular weight excluding hydrogens is 168 g/mol. The molecule has 0 saturated carbocycles. The molecule has 0 spiro atoms. The molecule has 13 heavy (non-hydrogen) atoms. The van der Waals surface area contributed by atoms with Gasteiger partial charge in [0.2, 0.25) is 5.91 Å². The summed E-state index contributed by atoms with van der Waals surface area (Å²) in [4.78, 5) is 23.8. The van der Waals surface area contributed by atoms with Crippen LogP contribution in [0.3, 0.4) is 0 Å². The molecule has 2 amide bonds. The number of nitrogens with zero attached hydrogens (tertiary/aromatic N) is 1. The summed E-state index contributed by atoms with van der Waals surface area (Å²) in [5.74, 6) is -0.412. The van der Waals surface area contributed by atoms with Crippen LogP contribution >= 0.6 is 0 Å². The standard InChI is InChI=1S/C9H14N2O2/c1-7(10-8(2)12)9(13)11-5-3-4-6-11/h1,3-6H2,2H3,(H,10,12). The van der Waals surface area contributed by atoms with Gasteiger partial charge in [0.25, 0.3) is 5.91 Å². The van der Waals surface area contributed by atoms with Crippen molar-refractivity contribution < 1.29 is 9.59 Å². The quantitative estimate of drug-likeness (QED) is 0.623. The number of hydrogen-bond donors (Lipinski definition) is 1. The number of hydrogen-bond acceptors (Lipinski definition) is 2. The molecule has 0 aromatic heterocycles. The van der Waals surface area contributed by atoms with E-state index in [0.29, 0.717) is 0 Å². The Morgan fingerprint density at radius 2 is 1.85 bits per heavy atom. The molecule has 0 unspecified atom stereocenters. The van der Waals surface area contributed by atoms with Gasteiger partial charge in [-0.05, 0) is 12.8 Å². The SMILES string of the molecule is C=C(NC(C)=O)C(=O)N1CCCC1. The van der Waals surface area contributed by atoms with Crippen molar-refractivity contribution in [2.45, 2.75) is 19.8 Å². The van der Waals surface area contributed by atoms with Crippen LogP contribution in [-0.2, 0) is 9.59 Å². The highest BCUT2D eigenvalue weighted by atomic mass is 16.2. The van der Waals surface area contributed by atoms with Crippen molar-refractivity contribution in [3.63, 3.8) is 0 Å². The van der Waals surface area contributed by atoms with Crippen molar-refractivity contribution in [2.75, 3.05) is 13.1 Å². The summed E-state index contributed by atoms with van der Waals surface area (Å²) in [7, 11) is 0. The van der Waals surface area contributed by atoms with Gasteiger partial charge in [-0.1, -0.05) is 6.58 Å². The first-order valence-electron chi connectivity index (χ1n) is 4.37. The summed E-state index contributed by atoms with van der Waals surface area (Å²) in [5, 5.41) is 2.39. The molecule has 0 aromatic carbocycles. The van der Waals surface area contributed by atoms with Crippen LogP contribution in [0.15, 0.2) is 12.3 Å². The second-order valence-electron chi connectivity index (χ2n) is 3.16. The summed E-state index contributed by atoms with van der Waals surface area (Å²) in [6.07, 6.45) is 2.08. The van der Waals surface area contributed by atoms with Crippen LogP contribution in [0.25, 0.3) is 0 Å². The fraction of sp³-hybridized carbons (Fsp3) is 0.556. The topological polar surface area (TPSA) is 49.4 Å². The van der Waals surface area contributed by atoms with E-state index < -0.39 is 0 Å². The second kappa shape index (κ2) is 4.07. The molecule has 0 aromatic rings. The normalized spacial score (nSPS) is 15.6. The third-order valence-corrected chi connectivity index (χ3v) is 1.98. The molecule has 72 valence electrons. The highest BCUT2D eigenvalue weighted by Gasteiger charge is 2.20. The van der Waals surface area contributed by atoms with Crippen molar-refractivity contribution in [2.24, 2.45) is 0 Å². The second-order valence-corrected chi connectivity index (χ2v) is 3.16. The van der Waals surface area contributed by atoms with E-state index >= 15 is 0 Å². The molecule has 1 aliphatic rings. The number of rotatable bonds is 2. The maximum atomic E-state index is 11.5. The molecule has 4 nitrogen and oxygen atoms in total. The van der Waals surface area contributed by atoms with Gasteiger partial charge in [0.15, 0.2) is 0 Å². The van der Waals surface area contributed by atoms with Gasteiger partial charge >= 0.3 is 0 Å². The molecule has 1 N–H and O–H groups in total. The van der Waals surface area contributed by atoms with Crippen LogP contribution in [0.1, 0.15) is 19.8 Å². The number of nitrogens with one attached hydrogen (secondary N) is 1. The number of carbonyl (C=O) groups excluding carboxylic acids is 2. The Kier molecular flexibility index (Phi) is 3.06. The Bertz CT molecular complexity index is 242. The predicted octanol–water partition coefficient (Wildman–Crippen LogP) is 0.259. The zero-order chi connectivity index (χ0) is 9.84. The maximum absolute atomic E-state index is 11.5. The molecule has 0 aliphatic carbocycles. The van der Waals surface area contributed by atoms with Crippen LogP contribution in [-0.4, -0.2) is 29.8 Å². The molecule has 1 fully saturated rings. The van der Waals surface area contributed by atoms with E-state index in [1.165, 1.54) is 6.92 Å². The zero-order valence-corrected chi connectivity index (χ0v) is 7.80. The smallest absolute Gasteiger partial charge is 0.269 e. The Morgan fingerprint density at radius 1 is 1.31 bits per heavy atom. The van der Waals surface area contributed by atoms with E-state index in [9.17, 15) is 9.59 Å². The van der Waals surface area contributed by atoms with Gasteiger partial charge < -0.3 is 10.2 Å². The highest BCUT2D eigenvalue weighted by Crippen LogP contribution is 2.09. The van der Waals surface area contributed by atoms with Crippen molar-refractivity contribution in [1.29, 1.82) is 0 Å². The van der Waals surface area contributed by atoms with Crippen molar-refractivity contribution in [1.82, 2.24) is 10.2 Å². The van der Waals surface area contributed by atoms with Gasteiger partial charge in [0.05, 0.1) is 5.70 Å². The average Bonchev–Trinajstić information content (AvgIpc) is 2.53. The molecule has 1 aliphatic heterocycles. The van der Waals surface area contributed by atoms with E-state index in [1.54, 1.807) is 4.90 Å². The molecule has 0 radical (unpaired) electrons. The fourth-order valence-electron chi connectivity index (χ4n) is 1.38. The van der Waals surface area contributed by atoms with E-state index in [2.05, 4.69) is 11.9 Å². The zero-order valence-electron chi connectivity index (χ0n) is 7.80. The van der Waals surface area contributed by atoms with Crippen LogP contribution in [0.5, 0.6) is 0 Å². The third-order valence-electron chi connectivity index (χ3n) is 1.98. The predicted molar refractivity (Wildman–Crippen MR) is 48.8 cm³/mol. The number of carbonyl (C=O) groups is 2. The lowest BCUT2D eigenvalue weighted by Crippen LogP contribution is -2.35. The molecular formula is C9H14N2O2. The minimum absolute atomic E-state index is 0.160. The summed E-state index contributed by atoms with van der Waals surface area (Å²) in [6.45, 7) is 6.43. The van der Waals surface area contributed by atoms with Crippen LogP contribution in [0, 0.1) is 0 Å². The van der Waals surface area contributed by atoms with Crippen molar-refractivity contribution in [3.8, 4) is 0 Å². The highest BCUT2D eigenvalue weighted by molar-refractivity contribution is 5.96. The van der Waals surface area contributed by atoms with Gasteiger partial charge in [0.1, 0.15) is 0 Å². The molecule has 1 rings (SSSR count). The first-order valence-corrected chi connectivity index (χ1v) is 4.37. The van der Waals surface area contributed by atoms with Gasteiger partial charge in [-0.2, -0.15) is 0 Å². The largest absolute Gasteiger partial charge is 0.337 e. The summed E-state index contributed by atoms with van der Waals surface area (Å²) in [6, 6.07) is 0. The summed E-state index contributed by atoms with van der Waals surface area (Å²) in [5.41, 5.74) is 0.175. The Morgan fingerprint density at radius 3 is 2.31 bits per heavy atom. The van der Waals surface area contributed by atoms with E-state index in [-0.39, 0.29) is 17.5 Å². The summed E-state index contributed by atoms with van der Waals surface area (Å²) < 4.78 is 0. The molecule has 1 heterocycles. The van der Waals surface area contributed by atoms with E-state index in [0.717, 1.165) is 25.9 Å². The fourth-order valence-corrected chi connectivity index (χ4v) is 1.38. The Labute approximate surface area is 77.6 Å². The van der Waals surface area contributed by atoms with Crippen LogP contribution in [0.4, 0.5) is 0 Å². The summed E-state index contributed by atoms with van der Waals surface area (Å²) >= 11 is 0. The van der Waals surface area contributed by atoms with Gasteiger partial charge in [-0.3, -0.25) is 9.59 Å². The molecule has 0 bridgehead atoms. The lowest BCUT2D eigenvalue weighted by molar-refractivity contribution is -0.128. The molecule has 1 saturated heterocycles. The maximum Gasteiger partial charge on any atom is 0.269 e. The number of likely N-dealkylation sites (tertiary alicyclic amines) is 1. The van der Waals surface area contributed by atoms with Crippen molar-refractivity contribution in [3.05, 3.63) is 12.3 Å².